The molecule has 0 aromatic heterocycles. The molecule has 4 N–H and O–H groups in total. The molecule has 1 unspecified atom stereocenters. The Kier molecular flexibility index (Phi) is 7.85. The first-order chi connectivity index (χ1) is 19.8. The van der Waals surface area contributed by atoms with Crippen LogP contribution in [0.15, 0.2) is 59.1 Å². The minimum Gasteiger partial charge on any atom is -0.495 e. The van der Waals surface area contributed by atoms with Gasteiger partial charge in [-0.05, 0) is 75.3 Å². The fourth-order valence-corrected chi connectivity index (χ4v) is 6.84. The lowest BCUT2D eigenvalue weighted by Gasteiger charge is -2.37. The number of aromatic carboxylic acids is 1. The quantitative estimate of drug-likeness (QED) is 0.246. The van der Waals surface area contributed by atoms with Gasteiger partial charge in [-0.3, -0.25) is 9.59 Å². The molecule has 3 aromatic rings. The number of carbonyl (C=O) groups excluding carboxylic acids is 2. The maximum atomic E-state index is 16.0. The molecule has 1 fully saturated rings. The minimum absolute atomic E-state index is 0.0139. The van der Waals surface area contributed by atoms with Crippen molar-refractivity contribution in [2.75, 3.05) is 17.7 Å². The number of fused-ring (bicyclic) bond motifs is 2. The van der Waals surface area contributed by atoms with E-state index < -0.39 is 41.1 Å². The first-order valence-corrected chi connectivity index (χ1v) is 14.5. The summed E-state index contributed by atoms with van der Waals surface area (Å²) in [5.41, 5.74) is -0.0865. The summed E-state index contributed by atoms with van der Waals surface area (Å²) in [5.74, 6) is -3.44. The van der Waals surface area contributed by atoms with E-state index in [0.717, 1.165) is 0 Å². The smallest absolute Gasteiger partial charge is 0.335 e. The lowest BCUT2D eigenvalue weighted by Crippen LogP contribution is -2.49. The monoisotopic (exact) mass is 657 g/mol. The molecule has 2 heterocycles. The van der Waals surface area contributed by atoms with Crippen molar-refractivity contribution >= 4 is 56.7 Å². The number of carboxylic acid groups (broad SMARTS) is 1. The summed E-state index contributed by atoms with van der Waals surface area (Å²) in [4.78, 5) is 39.9. The van der Waals surface area contributed by atoms with Gasteiger partial charge in [-0.2, -0.15) is 0 Å². The fraction of sp³-hybridized carbons (Fsp3) is 0.323. The van der Waals surface area contributed by atoms with Gasteiger partial charge in [0.15, 0.2) is 0 Å². The van der Waals surface area contributed by atoms with Crippen molar-refractivity contribution < 1.29 is 28.6 Å². The number of amides is 2. The Morgan fingerprint density at radius 2 is 1.90 bits per heavy atom. The average Bonchev–Trinajstić information content (AvgIpc) is 3.39. The van der Waals surface area contributed by atoms with Crippen LogP contribution in [0, 0.1) is 11.2 Å². The zero-order chi connectivity index (χ0) is 30.6. The molecular formula is C31H30BrClFN3O5. The first-order valence-electron chi connectivity index (χ1n) is 13.3. The number of carboxylic acids is 1. The lowest BCUT2D eigenvalue weighted by atomic mass is 9.62. The molecule has 8 nitrogen and oxygen atoms in total. The average molecular weight is 659 g/mol. The molecule has 0 saturated carbocycles. The number of methoxy groups -OCH3 is 1. The van der Waals surface area contributed by atoms with E-state index in [4.69, 9.17) is 16.3 Å². The van der Waals surface area contributed by atoms with Crippen LogP contribution in [0.1, 0.15) is 54.6 Å². The fourth-order valence-electron chi connectivity index (χ4n) is 6.29. The third kappa shape index (κ3) is 5.05. The molecule has 4 atom stereocenters. The van der Waals surface area contributed by atoms with E-state index in [1.807, 2.05) is 20.8 Å². The first kappa shape index (κ1) is 30.0. The van der Waals surface area contributed by atoms with Crippen molar-refractivity contribution in [1.29, 1.82) is 0 Å². The molecule has 11 heteroatoms. The maximum Gasteiger partial charge on any atom is 0.335 e. The van der Waals surface area contributed by atoms with Crippen LogP contribution >= 0.6 is 27.5 Å². The highest BCUT2D eigenvalue weighted by Crippen LogP contribution is 2.57. The van der Waals surface area contributed by atoms with Crippen molar-refractivity contribution in [1.82, 2.24) is 5.32 Å². The minimum atomic E-state index is -1.37. The lowest BCUT2D eigenvalue weighted by molar-refractivity contribution is -0.122. The maximum absolute atomic E-state index is 16.0. The summed E-state index contributed by atoms with van der Waals surface area (Å²) in [6.45, 7) is 6.11. The topological polar surface area (TPSA) is 117 Å². The molecule has 220 valence electrons. The highest BCUT2D eigenvalue weighted by Gasteiger charge is 2.66. The summed E-state index contributed by atoms with van der Waals surface area (Å²) in [7, 11) is 1.36. The number of ether oxygens (including phenoxy) is 1. The number of benzene rings is 3. The summed E-state index contributed by atoms with van der Waals surface area (Å²) >= 11 is 9.57. The van der Waals surface area contributed by atoms with Crippen LogP contribution in [-0.2, 0) is 15.0 Å². The Morgan fingerprint density at radius 3 is 2.57 bits per heavy atom. The van der Waals surface area contributed by atoms with Crippen molar-refractivity contribution in [3.8, 4) is 5.75 Å². The van der Waals surface area contributed by atoms with Gasteiger partial charge in [0.2, 0.25) is 11.8 Å². The van der Waals surface area contributed by atoms with E-state index in [1.54, 1.807) is 36.4 Å². The van der Waals surface area contributed by atoms with E-state index in [9.17, 15) is 19.5 Å². The van der Waals surface area contributed by atoms with Crippen LogP contribution < -0.4 is 20.7 Å². The Labute approximate surface area is 256 Å². The van der Waals surface area contributed by atoms with E-state index in [2.05, 4.69) is 31.9 Å². The van der Waals surface area contributed by atoms with Gasteiger partial charge in [-0.15, -0.1) is 0 Å². The number of rotatable bonds is 6. The standard InChI is InChI=1S/C31H30BrClFN3O5/c1-30(2,3)14-23-31(18-10-9-16(33)13-21(18)36-29(31)41)24(17-6-5-7-19(32)25(17)34)26(37-23)27(38)35-20-11-8-15(28(39)40)12-22(20)42-4/h5-13,23-24,26,37H,14H2,1-4H3,(H,35,38)(H,36,41)(H,39,40)/t23-,24+,26+,31?/m0/s1. The molecule has 0 radical (unpaired) electrons. The molecule has 2 aliphatic heterocycles. The van der Waals surface area contributed by atoms with Crippen LogP contribution in [0.25, 0.3) is 0 Å². The molecule has 2 aliphatic rings. The second kappa shape index (κ2) is 11.0. The second-order valence-electron chi connectivity index (χ2n) is 11.8. The highest BCUT2D eigenvalue weighted by atomic mass is 79.9. The Hall–Kier alpha value is -3.47. The summed E-state index contributed by atoms with van der Waals surface area (Å²) < 4.78 is 21.6. The summed E-state index contributed by atoms with van der Waals surface area (Å²) in [6, 6.07) is 12.4. The number of anilines is 2. The predicted octanol–water partition coefficient (Wildman–Crippen LogP) is 6.34. The molecule has 0 aliphatic carbocycles. The van der Waals surface area contributed by atoms with Crippen LogP contribution in [0.4, 0.5) is 15.8 Å². The van der Waals surface area contributed by atoms with Crippen molar-refractivity contribution in [2.24, 2.45) is 5.41 Å². The number of hydrogen-bond acceptors (Lipinski definition) is 5. The van der Waals surface area contributed by atoms with E-state index in [0.29, 0.717) is 22.7 Å². The number of carbonyl (C=O) groups is 3. The van der Waals surface area contributed by atoms with Gasteiger partial charge < -0.3 is 25.8 Å². The zero-order valence-corrected chi connectivity index (χ0v) is 25.7. The van der Waals surface area contributed by atoms with Gasteiger partial charge in [0.25, 0.3) is 0 Å². The normalized spacial score (nSPS) is 23.0. The highest BCUT2D eigenvalue weighted by molar-refractivity contribution is 9.10. The van der Waals surface area contributed by atoms with Crippen LogP contribution in [-0.4, -0.2) is 42.1 Å². The van der Waals surface area contributed by atoms with Gasteiger partial charge in [-0.1, -0.05) is 50.6 Å². The molecule has 1 spiro atoms. The van der Waals surface area contributed by atoms with Crippen LogP contribution in [0.5, 0.6) is 5.75 Å². The van der Waals surface area contributed by atoms with Gasteiger partial charge >= 0.3 is 5.97 Å². The molecule has 3 aromatic carbocycles. The van der Waals surface area contributed by atoms with Gasteiger partial charge in [0.05, 0.1) is 28.9 Å². The predicted molar refractivity (Wildman–Crippen MR) is 162 cm³/mol. The molecule has 42 heavy (non-hydrogen) atoms. The van der Waals surface area contributed by atoms with E-state index >= 15 is 4.39 Å². The number of hydrogen-bond donors (Lipinski definition) is 4. The van der Waals surface area contributed by atoms with Crippen molar-refractivity contribution in [3.05, 3.63) is 86.6 Å². The summed E-state index contributed by atoms with van der Waals surface area (Å²) in [5, 5.41) is 19.0. The van der Waals surface area contributed by atoms with E-state index in [-0.39, 0.29) is 38.4 Å². The summed E-state index contributed by atoms with van der Waals surface area (Å²) in [6.07, 6.45) is 0.481. The Balaban J connectivity index is 1.70. The Morgan fingerprint density at radius 1 is 1.17 bits per heavy atom. The molecular weight excluding hydrogens is 629 g/mol. The number of nitrogens with one attached hydrogen (secondary N) is 3. The third-order valence-corrected chi connectivity index (χ3v) is 8.77. The van der Waals surface area contributed by atoms with Crippen LogP contribution in [0.3, 0.4) is 0 Å². The Bertz CT molecular complexity index is 1610. The largest absolute Gasteiger partial charge is 0.495 e. The third-order valence-electron chi connectivity index (χ3n) is 7.93. The van der Waals surface area contributed by atoms with Gasteiger partial charge in [0, 0.05) is 22.7 Å². The van der Waals surface area contributed by atoms with Gasteiger partial charge in [0.1, 0.15) is 17.0 Å². The van der Waals surface area contributed by atoms with Crippen molar-refractivity contribution in [2.45, 2.75) is 50.6 Å². The molecule has 2 amide bonds. The van der Waals surface area contributed by atoms with Crippen LogP contribution in [0.2, 0.25) is 5.02 Å². The molecule has 0 bridgehead atoms. The van der Waals surface area contributed by atoms with Crippen molar-refractivity contribution in [3.63, 3.8) is 0 Å². The van der Waals surface area contributed by atoms with E-state index in [1.165, 1.54) is 25.3 Å². The second-order valence-corrected chi connectivity index (χ2v) is 13.1. The molecule has 5 rings (SSSR count). The number of halogens is 3. The zero-order valence-electron chi connectivity index (χ0n) is 23.3. The SMILES string of the molecule is COc1cc(C(=O)O)ccc1NC(=O)[C@@H]1N[C@@H](CC(C)(C)C)C2(C(=O)Nc3cc(Cl)ccc32)[C@@H]1c1cccc(Br)c1F. The molecule has 1 saturated heterocycles. The van der Waals surface area contributed by atoms with Gasteiger partial charge in [-0.25, -0.2) is 9.18 Å².